The van der Waals surface area contributed by atoms with Gasteiger partial charge in [-0.1, -0.05) is 35.3 Å². The van der Waals surface area contributed by atoms with E-state index in [0.29, 0.717) is 17.1 Å². The summed E-state index contributed by atoms with van der Waals surface area (Å²) in [4.78, 5) is 12.4. The van der Waals surface area contributed by atoms with Crippen LogP contribution in [-0.4, -0.2) is 17.6 Å². The molecule has 3 aromatic rings. The van der Waals surface area contributed by atoms with Crippen LogP contribution in [-0.2, 0) is 6.61 Å². The highest BCUT2D eigenvalue weighted by atomic mass is 16.5. The second-order valence-corrected chi connectivity index (χ2v) is 5.67. The number of hydrogen-bond acceptors (Lipinski definition) is 4. The lowest BCUT2D eigenvalue weighted by Gasteiger charge is -2.13. The van der Waals surface area contributed by atoms with Gasteiger partial charge in [0.25, 0.3) is 5.91 Å². The first kappa shape index (κ1) is 16.6. The van der Waals surface area contributed by atoms with E-state index in [1.807, 2.05) is 50.2 Å². The van der Waals surface area contributed by atoms with E-state index in [1.165, 1.54) is 0 Å². The van der Waals surface area contributed by atoms with Crippen molar-refractivity contribution in [3.8, 4) is 18.1 Å². The molecule has 1 aromatic heterocycles. The number of fused-ring (bicyclic) bond motifs is 1. The Bertz CT molecular complexity index is 947. The van der Waals surface area contributed by atoms with Gasteiger partial charge in [0.05, 0.1) is 23.4 Å². The van der Waals surface area contributed by atoms with Crippen molar-refractivity contribution >= 4 is 16.7 Å². The van der Waals surface area contributed by atoms with Crippen molar-refractivity contribution in [2.45, 2.75) is 20.5 Å². The molecule has 0 spiro atoms. The molecule has 0 unspecified atom stereocenters. The third-order valence-corrected chi connectivity index (χ3v) is 4.00. The highest BCUT2D eigenvalue weighted by molar-refractivity contribution is 6.01. The summed E-state index contributed by atoms with van der Waals surface area (Å²) in [5.74, 6) is 3.33. The fraction of sp³-hybridized carbons (Fsp3) is 0.200. The Kier molecular flexibility index (Phi) is 4.71. The Balaban J connectivity index is 1.96. The van der Waals surface area contributed by atoms with Crippen molar-refractivity contribution in [3.63, 3.8) is 0 Å². The maximum Gasteiger partial charge on any atom is 0.255 e. The number of nitrogens with one attached hydrogen (secondary N) is 1. The monoisotopic (exact) mass is 334 g/mol. The minimum Gasteiger partial charge on any atom is -0.488 e. The third kappa shape index (κ3) is 3.48. The maximum atomic E-state index is 12.4. The van der Waals surface area contributed by atoms with E-state index in [2.05, 4.69) is 16.4 Å². The number of terminal acetylenes is 1. The second-order valence-electron chi connectivity index (χ2n) is 5.67. The lowest BCUT2D eigenvalue weighted by molar-refractivity contribution is 0.0954. The molecule has 5 nitrogen and oxygen atoms in total. The summed E-state index contributed by atoms with van der Waals surface area (Å²) in [5, 5.41) is 8.55. The van der Waals surface area contributed by atoms with Crippen LogP contribution in [0.2, 0.25) is 0 Å². The number of aromatic nitrogens is 1. The normalized spacial score (nSPS) is 10.4. The largest absolute Gasteiger partial charge is 0.488 e. The Morgan fingerprint density at radius 3 is 2.64 bits per heavy atom. The summed E-state index contributed by atoms with van der Waals surface area (Å²) in [6, 6.07) is 11.5. The van der Waals surface area contributed by atoms with Gasteiger partial charge in [0.15, 0.2) is 0 Å². The van der Waals surface area contributed by atoms with Crippen molar-refractivity contribution in [2.75, 3.05) is 6.54 Å². The number of benzene rings is 2. The molecule has 0 aliphatic heterocycles. The Hall–Kier alpha value is -3.26. The Morgan fingerprint density at radius 1 is 1.28 bits per heavy atom. The average molecular weight is 334 g/mol. The molecule has 0 saturated heterocycles. The summed E-state index contributed by atoms with van der Waals surface area (Å²) in [6.07, 6.45) is 5.23. The van der Waals surface area contributed by atoms with Gasteiger partial charge in [0, 0.05) is 0 Å². The number of amides is 1. The minimum absolute atomic E-state index is 0.162. The zero-order chi connectivity index (χ0) is 17.8. The first-order valence-electron chi connectivity index (χ1n) is 7.89. The first-order chi connectivity index (χ1) is 12.1. The highest BCUT2D eigenvalue weighted by Crippen LogP contribution is 2.27. The van der Waals surface area contributed by atoms with Crippen LogP contribution in [0.4, 0.5) is 0 Å². The summed E-state index contributed by atoms with van der Waals surface area (Å²) in [5.41, 5.74) is 2.10. The number of carbonyl (C=O) groups excluding carboxylic acids is 1. The zero-order valence-corrected chi connectivity index (χ0v) is 14.1. The lowest BCUT2D eigenvalue weighted by Crippen LogP contribution is -2.24. The SMILES string of the molecule is C#CCNC(=O)c1cc2ccccc2cc1OCc1c(C)noc1C. The highest BCUT2D eigenvalue weighted by Gasteiger charge is 2.16. The summed E-state index contributed by atoms with van der Waals surface area (Å²) < 4.78 is 11.1. The van der Waals surface area contributed by atoms with Gasteiger partial charge in [-0.3, -0.25) is 4.79 Å². The molecule has 0 saturated carbocycles. The summed E-state index contributed by atoms with van der Waals surface area (Å²) in [7, 11) is 0. The van der Waals surface area contributed by atoms with Crippen LogP contribution in [0.1, 0.15) is 27.4 Å². The number of nitrogens with zero attached hydrogens (tertiary/aromatic N) is 1. The molecule has 25 heavy (non-hydrogen) atoms. The van der Waals surface area contributed by atoms with Crippen molar-refractivity contribution in [1.29, 1.82) is 0 Å². The van der Waals surface area contributed by atoms with E-state index < -0.39 is 0 Å². The molecule has 0 aliphatic carbocycles. The van der Waals surface area contributed by atoms with Gasteiger partial charge in [0.1, 0.15) is 18.1 Å². The summed E-state index contributed by atoms with van der Waals surface area (Å²) in [6.45, 7) is 4.12. The van der Waals surface area contributed by atoms with Crippen molar-refractivity contribution < 1.29 is 14.1 Å². The van der Waals surface area contributed by atoms with Crippen LogP contribution in [0.3, 0.4) is 0 Å². The van der Waals surface area contributed by atoms with Gasteiger partial charge in [-0.05, 0) is 36.8 Å². The molecule has 1 N–H and O–H groups in total. The number of aryl methyl sites for hydroxylation is 2. The van der Waals surface area contributed by atoms with E-state index in [4.69, 9.17) is 15.7 Å². The second kappa shape index (κ2) is 7.10. The van der Waals surface area contributed by atoms with Gasteiger partial charge in [-0.15, -0.1) is 6.42 Å². The molecule has 0 radical (unpaired) electrons. The first-order valence-corrected chi connectivity index (χ1v) is 7.89. The van der Waals surface area contributed by atoms with Crippen LogP contribution in [0.25, 0.3) is 10.8 Å². The molecule has 0 bridgehead atoms. The van der Waals surface area contributed by atoms with Gasteiger partial charge in [-0.2, -0.15) is 0 Å². The average Bonchev–Trinajstić information content (AvgIpc) is 2.95. The van der Waals surface area contributed by atoms with Gasteiger partial charge in [-0.25, -0.2) is 0 Å². The van der Waals surface area contributed by atoms with Crippen LogP contribution in [0.15, 0.2) is 40.9 Å². The maximum absolute atomic E-state index is 12.4. The molecule has 0 atom stereocenters. The van der Waals surface area contributed by atoms with E-state index in [1.54, 1.807) is 0 Å². The topological polar surface area (TPSA) is 64.4 Å². The quantitative estimate of drug-likeness (QED) is 0.727. The molecular weight excluding hydrogens is 316 g/mol. The van der Waals surface area contributed by atoms with E-state index >= 15 is 0 Å². The number of rotatable bonds is 5. The number of hydrogen-bond donors (Lipinski definition) is 1. The van der Waals surface area contributed by atoms with E-state index in [-0.39, 0.29) is 19.1 Å². The molecule has 5 heteroatoms. The van der Waals surface area contributed by atoms with Crippen LogP contribution in [0.5, 0.6) is 5.75 Å². The van der Waals surface area contributed by atoms with Crippen LogP contribution >= 0.6 is 0 Å². The standard InChI is InChI=1S/C20H18N2O3/c1-4-9-21-20(23)17-10-15-7-5-6-8-16(15)11-19(17)24-12-18-13(2)22-25-14(18)3/h1,5-8,10-11H,9,12H2,2-3H3,(H,21,23). The van der Waals surface area contributed by atoms with E-state index in [0.717, 1.165) is 22.0 Å². The van der Waals surface area contributed by atoms with Gasteiger partial charge >= 0.3 is 0 Å². The molecule has 1 heterocycles. The fourth-order valence-electron chi connectivity index (χ4n) is 2.60. The van der Waals surface area contributed by atoms with Gasteiger partial charge < -0.3 is 14.6 Å². The molecule has 126 valence electrons. The molecular formula is C20H18N2O3. The summed E-state index contributed by atoms with van der Waals surface area (Å²) >= 11 is 0. The van der Waals surface area contributed by atoms with Crippen molar-refractivity contribution in [2.24, 2.45) is 0 Å². The third-order valence-electron chi connectivity index (χ3n) is 4.00. The zero-order valence-electron chi connectivity index (χ0n) is 14.1. The predicted molar refractivity (Wildman–Crippen MR) is 95.4 cm³/mol. The smallest absolute Gasteiger partial charge is 0.255 e. The number of ether oxygens (including phenoxy) is 1. The lowest BCUT2D eigenvalue weighted by atomic mass is 10.1. The van der Waals surface area contributed by atoms with Crippen LogP contribution < -0.4 is 10.1 Å². The molecule has 0 fully saturated rings. The molecule has 0 aliphatic rings. The Morgan fingerprint density at radius 2 is 2.00 bits per heavy atom. The molecule has 2 aromatic carbocycles. The number of carbonyl (C=O) groups is 1. The Labute approximate surface area is 146 Å². The van der Waals surface area contributed by atoms with Crippen molar-refractivity contribution in [1.82, 2.24) is 10.5 Å². The molecule has 3 rings (SSSR count). The predicted octanol–water partition coefficient (Wildman–Crippen LogP) is 3.39. The van der Waals surface area contributed by atoms with Gasteiger partial charge in [0.2, 0.25) is 0 Å². The molecule has 1 amide bonds. The van der Waals surface area contributed by atoms with E-state index in [9.17, 15) is 4.79 Å². The fourth-order valence-corrected chi connectivity index (χ4v) is 2.60. The van der Waals surface area contributed by atoms with Crippen LogP contribution in [0, 0.1) is 26.2 Å². The minimum atomic E-state index is -0.266. The van der Waals surface area contributed by atoms with Crippen molar-refractivity contribution in [3.05, 3.63) is 59.0 Å².